The van der Waals surface area contributed by atoms with E-state index in [9.17, 15) is 4.39 Å². The second kappa shape index (κ2) is 5.36. The van der Waals surface area contributed by atoms with Crippen molar-refractivity contribution in [3.63, 3.8) is 0 Å². The van der Waals surface area contributed by atoms with E-state index < -0.39 is 0 Å². The predicted molar refractivity (Wildman–Crippen MR) is 77.3 cm³/mol. The van der Waals surface area contributed by atoms with Crippen LogP contribution in [0.25, 0.3) is 10.9 Å². The molecule has 0 saturated heterocycles. The maximum atomic E-state index is 13.4. The molecule has 3 N–H and O–H groups in total. The van der Waals surface area contributed by atoms with Gasteiger partial charge in [0.15, 0.2) is 0 Å². The summed E-state index contributed by atoms with van der Waals surface area (Å²) in [5.74, 6) is 5.41. The van der Waals surface area contributed by atoms with Gasteiger partial charge in [0.05, 0.1) is 11.6 Å². The summed E-state index contributed by atoms with van der Waals surface area (Å²) >= 11 is 0. The molecule has 0 aliphatic heterocycles. The van der Waals surface area contributed by atoms with Gasteiger partial charge in [-0.25, -0.2) is 9.82 Å². The number of benzene rings is 2. The molecule has 0 spiro atoms. The lowest BCUT2D eigenvalue weighted by molar-refractivity contribution is 0.606. The highest BCUT2D eigenvalue weighted by atomic mass is 19.1. The molecule has 0 amide bonds. The molecule has 0 saturated carbocycles. The summed E-state index contributed by atoms with van der Waals surface area (Å²) in [6.07, 6.45) is 1.74. The lowest BCUT2D eigenvalue weighted by Crippen LogP contribution is -2.29. The second-order valence-corrected chi connectivity index (χ2v) is 4.57. The highest BCUT2D eigenvalue weighted by Crippen LogP contribution is 2.27. The van der Waals surface area contributed by atoms with Crippen LogP contribution in [0.4, 0.5) is 4.39 Å². The molecule has 0 aliphatic rings. The van der Waals surface area contributed by atoms with Crippen molar-refractivity contribution < 1.29 is 4.39 Å². The largest absolute Gasteiger partial charge is 0.271 e. The normalized spacial score (nSPS) is 12.5. The summed E-state index contributed by atoms with van der Waals surface area (Å²) in [4.78, 5) is 4.33. The van der Waals surface area contributed by atoms with Gasteiger partial charge in [0.25, 0.3) is 0 Å². The number of hydrogen-bond donors (Lipinski definition) is 2. The number of para-hydroxylation sites is 1. The van der Waals surface area contributed by atoms with E-state index in [4.69, 9.17) is 5.84 Å². The lowest BCUT2D eigenvalue weighted by Gasteiger charge is -2.18. The molecule has 1 aromatic heterocycles. The maximum absolute atomic E-state index is 13.4. The van der Waals surface area contributed by atoms with E-state index in [0.717, 1.165) is 22.0 Å². The maximum Gasteiger partial charge on any atom is 0.123 e. The van der Waals surface area contributed by atoms with Crippen LogP contribution in [0.15, 0.2) is 60.8 Å². The van der Waals surface area contributed by atoms with Crippen molar-refractivity contribution in [2.75, 3.05) is 0 Å². The van der Waals surface area contributed by atoms with Crippen LogP contribution in [0, 0.1) is 5.82 Å². The van der Waals surface area contributed by atoms with Crippen molar-refractivity contribution in [1.82, 2.24) is 10.4 Å². The highest BCUT2D eigenvalue weighted by molar-refractivity contribution is 5.82. The number of halogens is 1. The fraction of sp³-hybridized carbons (Fsp3) is 0.0625. The number of nitrogens with two attached hydrogens (primary N) is 1. The van der Waals surface area contributed by atoms with Crippen LogP contribution in [0.3, 0.4) is 0 Å². The third kappa shape index (κ3) is 2.27. The van der Waals surface area contributed by atoms with Crippen molar-refractivity contribution in [1.29, 1.82) is 0 Å². The van der Waals surface area contributed by atoms with Crippen molar-refractivity contribution in [2.24, 2.45) is 5.84 Å². The van der Waals surface area contributed by atoms with Crippen LogP contribution in [0.5, 0.6) is 0 Å². The van der Waals surface area contributed by atoms with Crippen molar-refractivity contribution in [3.05, 3.63) is 77.7 Å². The molecule has 1 heterocycles. The van der Waals surface area contributed by atoms with E-state index in [-0.39, 0.29) is 11.9 Å². The zero-order valence-corrected chi connectivity index (χ0v) is 10.8. The standard InChI is InChI=1S/C16H14FN3/c17-12-5-3-4-11(10-12)16(20-18)14-8-9-19-15-7-2-1-6-13(14)15/h1-10,16,20H,18H2. The van der Waals surface area contributed by atoms with Gasteiger partial charge >= 0.3 is 0 Å². The van der Waals surface area contributed by atoms with Crippen LogP contribution in [0.2, 0.25) is 0 Å². The average Bonchev–Trinajstić information content (AvgIpc) is 2.48. The molecule has 3 aromatic rings. The molecule has 0 aliphatic carbocycles. The molecular formula is C16H14FN3. The number of nitrogens with one attached hydrogen (secondary N) is 1. The monoisotopic (exact) mass is 267 g/mol. The molecule has 100 valence electrons. The number of aromatic nitrogens is 1. The van der Waals surface area contributed by atoms with Gasteiger partial charge < -0.3 is 0 Å². The SMILES string of the molecule is NNC(c1cccc(F)c1)c1ccnc2ccccc12. The Morgan fingerprint density at radius 2 is 1.90 bits per heavy atom. The minimum atomic E-state index is -0.279. The van der Waals surface area contributed by atoms with Gasteiger partial charge in [-0.2, -0.15) is 0 Å². The quantitative estimate of drug-likeness (QED) is 0.566. The zero-order valence-electron chi connectivity index (χ0n) is 10.8. The predicted octanol–water partition coefficient (Wildman–Crippen LogP) is 2.93. The van der Waals surface area contributed by atoms with Gasteiger partial charge in [-0.3, -0.25) is 10.8 Å². The lowest BCUT2D eigenvalue weighted by atomic mass is 9.96. The first-order valence-electron chi connectivity index (χ1n) is 6.35. The first-order valence-corrected chi connectivity index (χ1v) is 6.35. The molecule has 4 heteroatoms. The summed E-state index contributed by atoms with van der Waals surface area (Å²) in [7, 11) is 0. The van der Waals surface area contributed by atoms with Crippen LogP contribution >= 0.6 is 0 Å². The first kappa shape index (κ1) is 12.7. The molecule has 1 unspecified atom stereocenters. The summed E-state index contributed by atoms with van der Waals surface area (Å²) < 4.78 is 13.4. The van der Waals surface area contributed by atoms with Crippen LogP contribution in [-0.2, 0) is 0 Å². The zero-order chi connectivity index (χ0) is 13.9. The van der Waals surface area contributed by atoms with E-state index in [2.05, 4.69) is 10.4 Å². The summed E-state index contributed by atoms with van der Waals surface area (Å²) in [6, 6.07) is 15.9. The summed E-state index contributed by atoms with van der Waals surface area (Å²) in [6.45, 7) is 0. The van der Waals surface area contributed by atoms with Gasteiger partial charge in [-0.15, -0.1) is 0 Å². The number of hydrazine groups is 1. The van der Waals surface area contributed by atoms with E-state index in [1.54, 1.807) is 12.3 Å². The van der Waals surface area contributed by atoms with Gasteiger partial charge in [0.1, 0.15) is 5.82 Å². The molecule has 20 heavy (non-hydrogen) atoms. The van der Waals surface area contributed by atoms with E-state index in [0.29, 0.717) is 0 Å². The minimum Gasteiger partial charge on any atom is -0.271 e. The van der Waals surface area contributed by atoms with E-state index in [1.165, 1.54) is 12.1 Å². The molecule has 0 radical (unpaired) electrons. The van der Waals surface area contributed by atoms with Gasteiger partial charge in [-0.1, -0.05) is 30.3 Å². The van der Waals surface area contributed by atoms with E-state index >= 15 is 0 Å². The Kier molecular flexibility index (Phi) is 3.41. The van der Waals surface area contributed by atoms with E-state index in [1.807, 2.05) is 36.4 Å². The van der Waals surface area contributed by atoms with Crippen LogP contribution in [0.1, 0.15) is 17.2 Å². The molecule has 2 aromatic carbocycles. The van der Waals surface area contributed by atoms with Gasteiger partial charge in [-0.05, 0) is 35.4 Å². The molecular weight excluding hydrogens is 253 g/mol. The summed E-state index contributed by atoms with van der Waals surface area (Å²) in [5, 5.41) is 1.00. The topological polar surface area (TPSA) is 50.9 Å². The fourth-order valence-electron chi connectivity index (χ4n) is 2.42. The Hall–Kier alpha value is -2.30. The Morgan fingerprint density at radius 1 is 1.05 bits per heavy atom. The molecule has 3 rings (SSSR count). The van der Waals surface area contributed by atoms with Crippen molar-refractivity contribution >= 4 is 10.9 Å². The molecule has 0 bridgehead atoms. The Balaban J connectivity index is 2.17. The number of hydrogen-bond acceptors (Lipinski definition) is 3. The number of rotatable bonds is 3. The first-order chi connectivity index (χ1) is 9.79. The number of nitrogens with zero attached hydrogens (tertiary/aromatic N) is 1. The third-order valence-electron chi connectivity index (χ3n) is 3.34. The van der Waals surface area contributed by atoms with Crippen LogP contribution in [-0.4, -0.2) is 4.98 Å². The molecule has 3 nitrogen and oxygen atoms in total. The molecule has 0 fully saturated rings. The Morgan fingerprint density at radius 3 is 2.70 bits per heavy atom. The highest BCUT2D eigenvalue weighted by Gasteiger charge is 2.15. The minimum absolute atomic E-state index is 0.277. The average molecular weight is 267 g/mol. The van der Waals surface area contributed by atoms with Crippen LogP contribution < -0.4 is 11.3 Å². The third-order valence-corrected chi connectivity index (χ3v) is 3.34. The number of pyridine rings is 1. The summed E-state index contributed by atoms with van der Waals surface area (Å²) in [5.41, 5.74) is 5.41. The fourth-order valence-corrected chi connectivity index (χ4v) is 2.42. The van der Waals surface area contributed by atoms with Gasteiger partial charge in [0.2, 0.25) is 0 Å². The molecule has 1 atom stereocenters. The smallest absolute Gasteiger partial charge is 0.123 e. The van der Waals surface area contributed by atoms with Crippen molar-refractivity contribution in [3.8, 4) is 0 Å². The van der Waals surface area contributed by atoms with Gasteiger partial charge in [0, 0.05) is 11.6 Å². The Bertz CT molecular complexity index is 737. The Labute approximate surface area is 116 Å². The van der Waals surface area contributed by atoms with Crippen molar-refractivity contribution in [2.45, 2.75) is 6.04 Å². The second-order valence-electron chi connectivity index (χ2n) is 4.57. The number of fused-ring (bicyclic) bond motifs is 1.